The van der Waals surface area contributed by atoms with Crippen LogP contribution in [0.5, 0.6) is 5.75 Å². The molecule has 18 heavy (non-hydrogen) atoms. The molecule has 0 aliphatic carbocycles. The summed E-state index contributed by atoms with van der Waals surface area (Å²) in [5, 5.41) is 0.631. The van der Waals surface area contributed by atoms with Crippen LogP contribution < -0.4 is 10.5 Å². The van der Waals surface area contributed by atoms with Gasteiger partial charge in [-0.15, -0.1) is 0 Å². The molecule has 0 saturated carbocycles. The Labute approximate surface area is 118 Å². The van der Waals surface area contributed by atoms with Crippen molar-refractivity contribution < 1.29 is 4.74 Å². The molecule has 1 aliphatic rings. The summed E-state index contributed by atoms with van der Waals surface area (Å²) >= 11 is 10.9. The highest BCUT2D eigenvalue weighted by Gasteiger charge is 2.12. The molecule has 1 aromatic carbocycles. The molecule has 0 unspecified atom stereocenters. The molecule has 1 aromatic rings. The van der Waals surface area contributed by atoms with Crippen LogP contribution >= 0.6 is 23.8 Å². The fourth-order valence-corrected chi connectivity index (χ4v) is 2.44. The van der Waals surface area contributed by atoms with Crippen LogP contribution in [0.15, 0.2) is 18.2 Å². The lowest BCUT2D eigenvalue weighted by atomic mass is 10.2. The second-order valence-corrected chi connectivity index (χ2v) is 5.28. The van der Waals surface area contributed by atoms with Crippen LogP contribution in [-0.2, 0) is 0 Å². The predicted octanol–water partition coefficient (Wildman–Crippen LogP) is 2.45. The smallest absolute Gasteiger partial charge is 0.131 e. The summed E-state index contributed by atoms with van der Waals surface area (Å²) in [5.74, 6) is 0.675. The molecule has 2 N–H and O–H groups in total. The van der Waals surface area contributed by atoms with Gasteiger partial charge in [0.2, 0.25) is 0 Å². The van der Waals surface area contributed by atoms with E-state index in [1.807, 2.05) is 0 Å². The van der Waals surface area contributed by atoms with E-state index in [2.05, 4.69) is 4.90 Å². The number of benzene rings is 1. The topological polar surface area (TPSA) is 38.5 Å². The van der Waals surface area contributed by atoms with Gasteiger partial charge in [0.25, 0.3) is 0 Å². The Morgan fingerprint density at radius 3 is 2.78 bits per heavy atom. The third-order valence-corrected chi connectivity index (χ3v) is 3.53. The second-order valence-electron chi connectivity index (χ2n) is 4.40. The van der Waals surface area contributed by atoms with Crippen molar-refractivity contribution in [3.63, 3.8) is 0 Å². The monoisotopic (exact) mass is 284 g/mol. The molecule has 3 nitrogen and oxygen atoms in total. The lowest BCUT2D eigenvalue weighted by Crippen LogP contribution is -2.25. The maximum absolute atomic E-state index is 5.95. The zero-order chi connectivity index (χ0) is 13.0. The molecule has 1 fully saturated rings. The van der Waals surface area contributed by atoms with E-state index in [0.717, 1.165) is 12.1 Å². The zero-order valence-electron chi connectivity index (χ0n) is 10.2. The summed E-state index contributed by atoms with van der Waals surface area (Å²) in [6.45, 7) is 3.90. The van der Waals surface area contributed by atoms with Gasteiger partial charge >= 0.3 is 0 Å². The molecule has 1 saturated heterocycles. The number of hydrogen-bond acceptors (Lipinski definition) is 3. The Morgan fingerprint density at radius 2 is 2.11 bits per heavy atom. The summed E-state index contributed by atoms with van der Waals surface area (Å²) < 4.78 is 5.75. The molecule has 98 valence electrons. The molecule has 0 amide bonds. The minimum absolute atomic E-state index is 0.336. The number of ether oxygens (including phenoxy) is 1. The van der Waals surface area contributed by atoms with Crippen molar-refractivity contribution in [2.45, 2.75) is 12.8 Å². The van der Waals surface area contributed by atoms with E-state index in [1.165, 1.54) is 25.9 Å². The zero-order valence-corrected chi connectivity index (χ0v) is 11.8. The van der Waals surface area contributed by atoms with Gasteiger partial charge in [0.05, 0.1) is 5.56 Å². The van der Waals surface area contributed by atoms with Gasteiger partial charge in [-0.2, -0.15) is 0 Å². The van der Waals surface area contributed by atoms with Crippen LogP contribution in [-0.4, -0.2) is 36.1 Å². The highest BCUT2D eigenvalue weighted by molar-refractivity contribution is 7.80. The average Bonchev–Trinajstić information content (AvgIpc) is 2.82. The normalized spacial score (nSPS) is 15.8. The lowest BCUT2D eigenvalue weighted by Gasteiger charge is -2.16. The van der Waals surface area contributed by atoms with Crippen molar-refractivity contribution >= 4 is 28.8 Å². The molecule has 0 spiro atoms. The fraction of sp³-hybridized carbons (Fsp3) is 0.462. The largest absolute Gasteiger partial charge is 0.491 e. The van der Waals surface area contributed by atoms with Gasteiger partial charge in [-0.1, -0.05) is 23.8 Å². The standard InChI is InChI=1S/C13H17ClN2OS/c14-10-3-4-11(13(15)18)12(9-10)17-8-7-16-5-1-2-6-16/h3-4,9H,1-2,5-8H2,(H2,15,18). The van der Waals surface area contributed by atoms with E-state index in [-0.39, 0.29) is 0 Å². The molecule has 2 rings (SSSR count). The molecule has 1 heterocycles. The minimum atomic E-state index is 0.336. The van der Waals surface area contributed by atoms with Gasteiger partial charge in [0.1, 0.15) is 17.3 Å². The predicted molar refractivity (Wildman–Crippen MR) is 78.5 cm³/mol. The Hall–Kier alpha value is -0.840. The Kier molecular flexibility index (Phi) is 4.80. The number of hydrogen-bond donors (Lipinski definition) is 1. The average molecular weight is 285 g/mol. The van der Waals surface area contributed by atoms with Crippen molar-refractivity contribution in [1.29, 1.82) is 0 Å². The summed E-state index contributed by atoms with van der Waals surface area (Å²) in [6, 6.07) is 5.33. The first kappa shape index (κ1) is 13.6. The van der Waals surface area contributed by atoms with Crippen LogP contribution in [0.1, 0.15) is 18.4 Å². The quantitative estimate of drug-likeness (QED) is 0.843. The molecule has 0 radical (unpaired) electrons. The number of halogens is 1. The Balaban J connectivity index is 1.94. The molecular weight excluding hydrogens is 268 g/mol. The van der Waals surface area contributed by atoms with Gasteiger partial charge in [-0.25, -0.2) is 0 Å². The minimum Gasteiger partial charge on any atom is -0.491 e. The van der Waals surface area contributed by atoms with Crippen LogP contribution in [0.25, 0.3) is 0 Å². The number of likely N-dealkylation sites (tertiary alicyclic amines) is 1. The Bertz CT molecular complexity index is 433. The number of nitrogens with two attached hydrogens (primary N) is 1. The highest BCUT2D eigenvalue weighted by atomic mass is 35.5. The maximum Gasteiger partial charge on any atom is 0.131 e. The van der Waals surface area contributed by atoms with Gasteiger partial charge in [-0.05, 0) is 44.1 Å². The van der Waals surface area contributed by atoms with E-state index >= 15 is 0 Å². The van der Waals surface area contributed by atoms with Crippen molar-refractivity contribution in [3.05, 3.63) is 28.8 Å². The molecule has 0 bridgehead atoms. The third-order valence-electron chi connectivity index (χ3n) is 3.07. The second kappa shape index (κ2) is 6.36. The van der Waals surface area contributed by atoms with Gasteiger partial charge in [-0.3, -0.25) is 4.90 Å². The van der Waals surface area contributed by atoms with Crippen LogP contribution in [0.4, 0.5) is 0 Å². The number of rotatable bonds is 5. The van der Waals surface area contributed by atoms with Crippen LogP contribution in [0.3, 0.4) is 0 Å². The lowest BCUT2D eigenvalue weighted by molar-refractivity contribution is 0.237. The summed E-state index contributed by atoms with van der Waals surface area (Å²) in [7, 11) is 0. The van der Waals surface area contributed by atoms with E-state index in [9.17, 15) is 0 Å². The summed E-state index contributed by atoms with van der Waals surface area (Å²) in [5.41, 5.74) is 6.40. The van der Waals surface area contributed by atoms with Gasteiger partial charge < -0.3 is 10.5 Å². The molecule has 5 heteroatoms. The van der Waals surface area contributed by atoms with Crippen molar-refractivity contribution in [1.82, 2.24) is 4.90 Å². The number of thiocarbonyl (C=S) groups is 1. The maximum atomic E-state index is 5.95. The summed E-state index contributed by atoms with van der Waals surface area (Å²) in [6.07, 6.45) is 2.57. The SMILES string of the molecule is NC(=S)c1ccc(Cl)cc1OCCN1CCCC1. The van der Waals surface area contributed by atoms with Crippen molar-refractivity contribution in [2.24, 2.45) is 5.73 Å². The van der Waals surface area contributed by atoms with Crippen LogP contribution in [0, 0.1) is 0 Å². The van der Waals surface area contributed by atoms with E-state index in [0.29, 0.717) is 22.4 Å². The van der Waals surface area contributed by atoms with Crippen molar-refractivity contribution in [3.8, 4) is 5.75 Å². The number of nitrogens with zero attached hydrogens (tertiary/aromatic N) is 1. The van der Waals surface area contributed by atoms with E-state index < -0.39 is 0 Å². The molecule has 1 aliphatic heterocycles. The third kappa shape index (κ3) is 3.57. The van der Waals surface area contributed by atoms with Gasteiger partial charge in [0, 0.05) is 11.6 Å². The molecule has 0 aromatic heterocycles. The van der Waals surface area contributed by atoms with Crippen molar-refractivity contribution in [2.75, 3.05) is 26.2 Å². The molecule has 0 atom stereocenters. The first-order chi connectivity index (χ1) is 8.66. The first-order valence-corrected chi connectivity index (χ1v) is 6.90. The fourth-order valence-electron chi connectivity index (χ4n) is 2.11. The summed E-state index contributed by atoms with van der Waals surface area (Å²) in [4.78, 5) is 2.73. The first-order valence-electron chi connectivity index (χ1n) is 6.11. The van der Waals surface area contributed by atoms with E-state index in [1.54, 1.807) is 18.2 Å². The Morgan fingerprint density at radius 1 is 1.39 bits per heavy atom. The van der Waals surface area contributed by atoms with Gasteiger partial charge in [0.15, 0.2) is 0 Å². The highest BCUT2D eigenvalue weighted by Crippen LogP contribution is 2.23. The van der Waals surface area contributed by atoms with E-state index in [4.69, 9.17) is 34.3 Å². The molecular formula is C13H17ClN2OS. The van der Waals surface area contributed by atoms with Crippen LogP contribution in [0.2, 0.25) is 5.02 Å².